The van der Waals surface area contributed by atoms with Crippen LogP contribution in [0.4, 0.5) is 0 Å². The van der Waals surface area contributed by atoms with Crippen LogP contribution in [0.25, 0.3) is 0 Å². The molecule has 0 unspecified atom stereocenters. The maximum atomic E-state index is 11.9. The summed E-state index contributed by atoms with van der Waals surface area (Å²) in [5.41, 5.74) is 2.21. The number of hydrogen-bond donors (Lipinski definition) is 1. The molecule has 3 aromatic rings. The van der Waals surface area contributed by atoms with Gasteiger partial charge in [0, 0.05) is 38.3 Å². The van der Waals surface area contributed by atoms with Crippen molar-refractivity contribution in [2.75, 3.05) is 0 Å². The van der Waals surface area contributed by atoms with Gasteiger partial charge in [-0.3, -0.25) is 9.59 Å². The topological polar surface area (TPSA) is 64.0 Å². The van der Waals surface area contributed by atoms with Crippen LogP contribution >= 0.6 is 11.3 Å². The lowest BCUT2D eigenvalue weighted by Gasteiger charge is -2.07. The van der Waals surface area contributed by atoms with E-state index in [0.717, 1.165) is 12.1 Å². The fourth-order valence-corrected chi connectivity index (χ4v) is 3.12. The molecule has 0 saturated heterocycles. The second-order valence-electron chi connectivity index (χ2n) is 5.73. The molecule has 2 aromatic heterocycles. The number of ketones is 1. The lowest BCUT2D eigenvalue weighted by atomic mass is 10.1. The van der Waals surface area contributed by atoms with Crippen LogP contribution in [0.2, 0.25) is 0 Å². The van der Waals surface area contributed by atoms with Gasteiger partial charge >= 0.3 is 0 Å². The van der Waals surface area contributed by atoms with Crippen LogP contribution in [0.1, 0.15) is 33.6 Å². The second-order valence-corrected chi connectivity index (χ2v) is 6.68. The van der Waals surface area contributed by atoms with E-state index in [9.17, 15) is 9.59 Å². The van der Waals surface area contributed by atoms with Gasteiger partial charge < -0.3 is 9.88 Å². The number of imidazole rings is 1. The minimum absolute atomic E-state index is 0.0222. The molecule has 0 aliphatic rings. The minimum atomic E-state index is -0.104. The van der Waals surface area contributed by atoms with Crippen LogP contribution in [-0.2, 0) is 17.9 Å². The van der Waals surface area contributed by atoms with Crippen LogP contribution in [0.15, 0.2) is 60.5 Å². The lowest BCUT2D eigenvalue weighted by Crippen LogP contribution is -2.23. The molecule has 1 amide bonds. The highest BCUT2D eigenvalue weighted by Gasteiger charge is 2.09. The van der Waals surface area contributed by atoms with E-state index in [4.69, 9.17) is 0 Å². The van der Waals surface area contributed by atoms with E-state index in [1.807, 2.05) is 46.5 Å². The molecule has 0 saturated carbocycles. The Balaban J connectivity index is 1.42. The van der Waals surface area contributed by atoms with E-state index in [1.54, 1.807) is 18.6 Å². The average molecular weight is 353 g/mol. The van der Waals surface area contributed by atoms with E-state index in [-0.39, 0.29) is 24.5 Å². The van der Waals surface area contributed by atoms with Gasteiger partial charge in [0.2, 0.25) is 5.91 Å². The first-order valence-electron chi connectivity index (χ1n) is 8.07. The molecule has 0 bridgehead atoms. The summed E-state index contributed by atoms with van der Waals surface area (Å²) in [6.45, 7) is 1.24. The molecule has 0 fully saturated rings. The first kappa shape index (κ1) is 17.1. The molecule has 0 aliphatic carbocycles. The molecule has 25 heavy (non-hydrogen) atoms. The molecular weight excluding hydrogens is 334 g/mol. The van der Waals surface area contributed by atoms with Crippen molar-refractivity contribution < 1.29 is 9.59 Å². The predicted molar refractivity (Wildman–Crippen MR) is 97.5 cm³/mol. The number of Topliss-reactive ketones (excluding diaryl/α,β-unsaturated/α-hetero) is 1. The molecule has 6 heteroatoms. The predicted octanol–water partition coefficient (Wildman–Crippen LogP) is 3.27. The van der Waals surface area contributed by atoms with E-state index >= 15 is 0 Å². The van der Waals surface area contributed by atoms with E-state index < -0.39 is 0 Å². The Kier molecular flexibility index (Phi) is 5.74. The van der Waals surface area contributed by atoms with Crippen LogP contribution in [0.3, 0.4) is 0 Å². The van der Waals surface area contributed by atoms with Crippen LogP contribution < -0.4 is 5.32 Å². The van der Waals surface area contributed by atoms with Crippen molar-refractivity contribution in [2.45, 2.75) is 25.9 Å². The minimum Gasteiger partial charge on any atom is -0.352 e. The van der Waals surface area contributed by atoms with Crippen LogP contribution in [0.5, 0.6) is 0 Å². The molecule has 1 aromatic carbocycles. The van der Waals surface area contributed by atoms with Gasteiger partial charge in [-0.1, -0.05) is 30.3 Å². The Labute approximate surface area is 150 Å². The number of hydrogen-bond acceptors (Lipinski definition) is 4. The number of carbonyl (C=O) groups is 2. The maximum absolute atomic E-state index is 11.9. The van der Waals surface area contributed by atoms with E-state index in [0.29, 0.717) is 11.4 Å². The van der Waals surface area contributed by atoms with Crippen LogP contribution in [0, 0.1) is 0 Å². The third-order valence-electron chi connectivity index (χ3n) is 3.81. The number of rotatable bonds is 8. The van der Waals surface area contributed by atoms with Crippen LogP contribution in [-0.4, -0.2) is 21.2 Å². The Hall–Kier alpha value is -2.73. The molecule has 0 aliphatic heterocycles. The van der Waals surface area contributed by atoms with Crippen molar-refractivity contribution in [1.82, 2.24) is 14.9 Å². The average Bonchev–Trinajstić information content (AvgIpc) is 3.33. The first-order chi connectivity index (χ1) is 12.2. The summed E-state index contributed by atoms with van der Waals surface area (Å²) in [6.07, 6.45) is 5.93. The fourth-order valence-electron chi connectivity index (χ4n) is 2.43. The highest BCUT2D eigenvalue weighted by atomic mass is 32.1. The van der Waals surface area contributed by atoms with Crippen molar-refractivity contribution in [1.29, 1.82) is 0 Å². The molecular formula is C19H19N3O2S. The highest BCUT2D eigenvalue weighted by molar-refractivity contribution is 7.12. The molecule has 1 N–H and O–H groups in total. The number of carbonyl (C=O) groups excluding carboxylic acids is 2. The summed E-state index contributed by atoms with van der Waals surface area (Å²) < 4.78 is 2.00. The molecule has 128 valence electrons. The summed E-state index contributed by atoms with van der Waals surface area (Å²) in [5.74, 6) is -0.0820. The zero-order valence-corrected chi connectivity index (χ0v) is 14.5. The largest absolute Gasteiger partial charge is 0.352 e. The molecule has 2 heterocycles. The monoisotopic (exact) mass is 353 g/mol. The Morgan fingerprint density at radius 2 is 1.88 bits per heavy atom. The van der Waals surface area contributed by atoms with Crippen molar-refractivity contribution >= 4 is 23.0 Å². The third-order valence-corrected chi connectivity index (χ3v) is 4.72. The van der Waals surface area contributed by atoms with Gasteiger partial charge in [-0.05, 0) is 22.6 Å². The summed E-state index contributed by atoms with van der Waals surface area (Å²) in [7, 11) is 0. The quantitative estimate of drug-likeness (QED) is 0.632. The van der Waals surface area contributed by atoms with Gasteiger partial charge in [-0.2, -0.15) is 0 Å². The third kappa shape index (κ3) is 5.12. The zero-order chi connectivity index (χ0) is 17.5. The highest BCUT2D eigenvalue weighted by Crippen LogP contribution is 2.12. The number of nitrogens with zero attached hydrogens (tertiary/aromatic N) is 2. The molecule has 0 radical (unpaired) electrons. The van der Waals surface area contributed by atoms with Gasteiger partial charge in [0.1, 0.15) is 0 Å². The summed E-state index contributed by atoms with van der Waals surface area (Å²) in [6, 6.07) is 11.7. The van der Waals surface area contributed by atoms with E-state index in [2.05, 4.69) is 10.3 Å². The fraction of sp³-hybridized carbons (Fsp3) is 0.211. The standard InChI is InChI=1S/C19H19N3O2S/c23-17(18-2-1-11-25-18)7-8-19(24)21-12-15-3-5-16(6-4-15)13-22-10-9-20-14-22/h1-6,9-11,14H,7-8,12-13H2,(H,21,24). The Morgan fingerprint density at radius 1 is 1.08 bits per heavy atom. The van der Waals surface area contributed by atoms with Gasteiger partial charge in [0.05, 0.1) is 11.2 Å². The number of amides is 1. The van der Waals surface area contributed by atoms with Crippen molar-refractivity contribution in [3.8, 4) is 0 Å². The van der Waals surface area contributed by atoms with Gasteiger partial charge in [0.25, 0.3) is 0 Å². The number of benzene rings is 1. The van der Waals surface area contributed by atoms with Gasteiger partial charge in [-0.25, -0.2) is 4.98 Å². The van der Waals surface area contributed by atoms with Gasteiger partial charge in [0.15, 0.2) is 5.78 Å². The Morgan fingerprint density at radius 3 is 2.56 bits per heavy atom. The SMILES string of the molecule is O=C(CCC(=O)c1cccs1)NCc1ccc(Cn2ccnc2)cc1. The summed E-state index contributed by atoms with van der Waals surface area (Å²) in [5, 5.41) is 4.73. The molecule has 0 spiro atoms. The normalized spacial score (nSPS) is 10.6. The maximum Gasteiger partial charge on any atom is 0.220 e. The molecule has 3 rings (SSSR count). The second kappa shape index (κ2) is 8.39. The Bertz CT molecular complexity index is 809. The smallest absolute Gasteiger partial charge is 0.220 e. The lowest BCUT2D eigenvalue weighted by molar-refractivity contribution is -0.121. The first-order valence-corrected chi connectivity index (χ1v) is 8.95. The summed E-state index contributed by atoms with van der Waals surface area (Å²) in [4.78, 5) is 28.5. The zero-order valence-electron chi connectivity index (χ0n) is 13.7. The molecule has 0 atom stereocenters. The van der Waals surface area contributed by atoms with Gasteiger partial charge in [-0.15, -0.1) is 11.3 Å². The summed E-state index contributed by atoms with van der Waals surface area (Å²) >= 11 is 1.41. The van der Waals surface area contributed by atoms with E-state index in [1.165, 1.54) is 16.9 Å². The number of thiophene rings is 1. The number of nitrogens with one attached hydrogen (secondary N) is 1. The van der Waals surface area contributed by atoms with Crippen molar-refractivity contribution in [3.05, 3.63) is 76.5 Å². The molecule has 5 nitrogen and oxygen atoms in total. The van der Waals surface area contributed by atoms with Crippen molar-refractivity contribution in [2.24, 2.45) is 0 Å². The number of aromatic nitrogens is 2. The van der Waals surface area contributed by atoms with Crippen molar-refractivity contribution in [3.63, 3.8) is 0 Å².